The molecule has 2 N–H and O–H groups in total. The van der Waals surface area contributed by atoms with Gasteiger partial charge in [0.2, 0.25) is 5.91 Å². The van der Waals surface area contributed by atoms with E-state index in [1.165, 1.54) is 0 Å². The van der Waals surface area contributed by atoms with Crippen LogP contribution in [0.25, 0.3) is 6.08 Å². The summed E-state index contributed by atoms with van der Waals surface area (Å²) in [5.41, 5.74) is 2.03. The molecule has 0 radical (unpaired) electrons. The van der Waals surface area contributed by atoms with Gasteiger partial charge in [-0.15, -0.1) is 0 Å². The second kappa shape index (κ2) is 5.94. The third-order valence-corrected chi connectivity index (χ3v) is 4.96. The molecular weight excluding hydrogens is 303 g/mol. The highest BCUT2D eigenvalue weighted by molar-refractivity contribution is 6.52. The lowest BCUT2D eigenvalue weighted by Crippen LogP contribution is -2.41. The molecule has 1 fully saturated rings. The summed E-state index contributed by atoms with van der Waals surface area (Å²) in [5.74, 6) is 1.95. The molecule has 1 amide bonds. The highest BCUT2D eigenvalue weighted by atomic mass is 16.7. The first-order valence-corrected chi connectivity index (χ1v) is 8.41. The minimum atomic E-state index is -0.386. The van der Waals surface area contributed by atoms with Gasteiger partial charge >= 0.3 is 7.12 Å². The van der Waals surface area contributed by atoms with Crippen LogP contribution in [-0.2, 0) is 14.1 Å². The number of anilines is 2. The molecule has 1 unspecified atom stereocenters. The van der Waals surface area contributed by atoms with Crippen LogP contribution in [0.2, 0.25) is 0 Å². The zero-order chi connectivity index (χ0) is 17.5. The lowest BCUT2D eigenvalue weighted by Gasteiger charge is -2.32. The molecule has 5 nitrogen and oxygen atoms in total. The molecule has 1 aromatic rings. The summed E-state index contributed by atoms with van der Waals surface area (Å²) in [7, 11) is -0.386. The van der Waals surface area contributed by atoms with E-state index in [2.05, 4.69) is 10.6 Å². The van der Waals surface area contributed by atoms with Crippen molar-refractivity contribution in [3.8, 4) is 0 Å². The van der Waals surface area contributed by atoms with E-state index in [1.807, 2.05) is 64.9 Å². The average molecular weight is 328 g/mol. The van der Waals surface area contributed by atoms with E-state index >= 15 is 0 Å². The first-order chi connectivity index (χ1) is 11.2. The average Bonchev–Trinajstić information content (AvgIpc) is 2.57. The van der Waals surface area contributed by atoms with Crippen LogP contribution in [0.1, 0.15) is 46.6 Å². The Balaban J connectivity index is 1.84. The monoisotopic (exact) mass is 328 g/mol. The van der Waals surface area contributed by atoms with Crippen LogP contribution in [-0.4, -0.2) is 30.3 Å². The number of nitrogens with one attached hydrogen (secondary N) is 2. The third kappa shape index (κ3) is 3.21. The normalized spacial score (nSPS) is 25.1. The van der Waals surface area contributed by atoms with Crippen LogP contribution in [0.5, 0.6) is 0 Å². The maximum atomic E-state index is 11.9. The van der Waals surface area contributed by atoms with Crippen molar-refractivity contribution in [2.45, 2.75) is 58.3 Å². The van der Waals surface area contributed by atoms with E-state index in [9.17, 15) is 4.79 Å². The molecule has 0 aromatic heterocycles. The van der Waals surface area contributed by atoms with Gasteiger partial charge in [0.15, 0.2) is 0 Å². The molecule has 3 rings (SSSR count). The second-order valence-electron chi connectivity index (χ2n) is 7.55. The summed E-state index contributed by atoms with van der Waals surface area (Å²) >= 11 is 0. The van der Waals surface area contributed by atoms with E-state index in [-0.39, 0.29) is 30.3 Å². The Hall–Kier alpha value is -1.79. The number of amides is 1. The maximum Gasteiger partial charge on any atom is 0.487 e. The molecule has 24 heavy (non-hydrogen) atoms. The van der Waals surface area contributed by atoms with Gasteiger partial charge in [-0.1, -0.05) is 24.2 Å². The third-order valence-electron chi connectivity index (χ3n) is 4.96. The molecule has 0 saturated carbocycles. The fourth-order valence-corrected chi connectivity index (χ4v) is 2.90. The van der Waals surface area contributed by atoms with Gasteiger partial charge in [-0.2, -0.15) is 0 Å². The van der Waals surface area contributed by atoms with E-state index in [0.29, 0.717) is 6.42 Å². The van der Waals surface area contributed by atoms with E-state index in [0.717, 1.165) is 16.9 Å². The van der Waals surface area contributed by atoms with Crippen LogP contribution < -0.4 is 10.6 Å². The zero-order valence-corrected chi connectivity index (χ0v) is 15.0. The van der Waals surface area contributed by atoms with Gasteiger partial charge in [-0.25, -0.2) is 0 Å². The van der Waals surface area contributed by atoms with Gasteiger partial charge in [-0.05, 0) is 46.2 Å². The number of fused-ring (bicyclic) bond motifs is 1. The molecule has 1 aromatic carbocycles. The van der Waals surface area contributed by atoms with Crippen molar-refractivity contribution in [1.82, 2.24) is 0 Å². The summed E-state index contributed by atoms with van der Waals surface area (Å²) in [4.78, 5) is 11.9. The molecular formula is C18H25BN2O3. The number of carbonyl (C=O) groups is 1. The summed E-state index contributed by atoms with van der Waals surface area (Å²) < 4.78 is 12.0. The molecule has 1 atom stereocenters. The number of carbonyl (C=O) groups excluding carboxylic acids is 1. The van der Waals surface area contributed by atoms with Crippen molar-refractivity contribution in [3.05, 3.63) is 29.7 Å². The highest BCUT2D eigenvalue weighted by Crippen LogP contribution is 2.37. The standard InChI is InChI=1S/C18H25BN2O3/c1-12-11-15(22)21-14-8-6-7-13(16(14)20-12)9-10-19-23-17(2,3)18(4,5)24-19/h6-10,12,20H,11H2,1-5H3,(H,21,22). The van der Waals surface area contributed by atoms with E-state index < -0.39 is 0 Å². The number of hydrogen-bond donors (Lipinski definition) is 2. The molecule has 2 aliphatic heterocycles. The Labute approximate surface area is 143 Å². The predicted molar refractivity (Wildman–Crippen MR) is 97.9 cm³/mol. The Kier molecular flexibility index (Phi) is 4.22. The molecule has 6 heteroatoms. The zero-order valence-electron chi connectivity index (χ0n) is 15.0. The maximum absolute atomic E-state index is 11.9. The number of rotatable bonds is 2. The van der Waals surface area contributed by atoms with Gasteiger partial charge in [0.25, 0.3) is 0 Å². The Morgan fingerprint density at radius 3 is 2.54 bits per heavy atom. The Morgan fingerprint density at radius 1 is 1.21 bits per heavy atom. The van der Waals surface area contributed by atoms with Crippen LogP contribution in [0.3, 0.4) is 0 Å². The lowest BCUT2D eigenvalue weighted by atomic mass is 9.89. The molecule has 1 saturated heterocycles. The van der Waals surface area contributed by atoms with Crippen molar-refractivity contribution in [1.29, 1.82) is 0 Å². The number of para-hydroxylation sites is 1. The summed E-state index contributed by atoms with van der Waals surface area (Å²) in [6, 6.07) is 5.93. The van der Waals surface area contributed by atoms with Crippen LogP contribution in [0, 0.1) is 0 Å². The molecule has 0 spiro atoms. The van der Waals surface area contributed by atoms with Crippen LogP contribution in [0.4, 0.5) is 11.4 Å². The van der Waals surface area contributed by atoms with Crippen molar-refractivity contribution in [2.75, 3.05) is 10.6 Å². The molecule has 0 bridgehead atoms. The van der Waals surface area contributed by atoms with E-state index in [4.69, 9.17) is 9.31 Å². The first kappa shape index (κ1) is 17.1. The van der Waals surface area contributed by atoms with Crippen LogP contribution in [0.15, 0.2) is 24.2 Å². The molecule has 2 aliphatic rings. The summed E-state index contributed by atoms with van der Waals surface area (Å²) in [6.07, 6.45) is 2.44. The second-order valence-corrected chi connectivity index (χ2v) is 7.55. The highest BCUT2D eigenvalue weighted by Gasteiger charge is 2.50. The number of hydrogen-bond acceptors (Lipinski definition) is 4. The topological polar surface area (TPSA) is 59.6 Å². The van der Waals surface area contributed by atoms with Gasteiger partial charge < -0.3 is 19.9 Å². The Morgan fingerprint density at radius 2 is 1.88 bits per heavy atom. The quantitative estimate of drug-likeness (QED) is 0.816. The first-order valence-electron chi connectivity index (χ1n) is 8.41. The fraction of sp³-hybridized carbons (Fsp3) is 0.500. The Bertz CT molecular complexity index is 669. The van der Waals surface area contributed by atoms with Gasteiger partial charge in [0.05, 0.1) is 22.6 Å². The minimum absolute atomic E-state index is 0.0286. The summed E-state index contributed by atoms with van der Waals surface area (Å²) in [5, 5.41) is 6.36. The van der Waals surface area contributed by atoms with Gasteiger partial charge in [0.1, 0.15) is 0 Å². The SMILES string of the molecule is CC1CC(=O)Nc2cccc(C=CB3OC(C)(C)C(C)(C)O3)c2N1. The smallest absolute Gasteiger partial charge is 0.400 e. The predicted octanol–water partition coefficient (Wildman–Crippen LogP) is 3.47. The summed E-state index contributed by atoms with van der Waals surface area (Å²) in [6.45, 7) is 10.1. The molecule has 128 valence electrons. The van der Waals surface area contributed by atoms with Crippen molar-refractivity contribution < 1.29 is 14.1 Å². The largest absolute Gasteiger partial charge is 0.487 e. The van der Waals surface area contributed by atoms with Gasteiger partial charge in [-0.3, -0.25) is 4.79 Å². The van der Waals surface area contributed by atoms with Crippen LogP contribution >= 0.6 is 0 Å². The van der Waals surface area contributed by atoms with E-state index in [1.54, 1.807) is 0 Å². The minimum Gasteiger partial charge on any atom is -0.400 e. The van der Waals surface area contributed by atoms with Gasteiger partial charge in [0, 0.05) is 12.5 Å². The van der Waals surface area contributed by atoms with Crippen molar-refractivity contribution in [3.63, 3.8) is 0 Å². The van der Waals surface area contributed by atoms with Crippen molar-refractivity contribution in [2.24, 2.45) is 0 Å². The molecule has 2 heterocycles. The lowest BCUT2D eigenvalue weighted by molar-refractivity contribution is -0.116. The fourth-order valence-electron chi connectivity index (χ4n) is 2.90. The molecule has 0 aliphatic carbocycles. The van der Waals surface area contributed by atoms with Crippen molar-refractivity contribution >= 4 is 30.5 Å². The number of benzene rings is 1.